The molecule has 0 N–H and O–H groups in total. The average Bonchev–Trinajstić information content (AvgIpc) is 3.00. The van der Waals surface area contributed by atoms with Crippen molar-refractivity contribution in [3.63, 3.8) is 0 Å². The fourth-order valence-electron chi connectivity index (χ4n) is 3.16. The number of carbonyl (C=O) groups excluding carboxylic acids is 2. The molecule has 1 heterocycles. The van der Waals surface area contributed by atoms with Crippen molar-refractivity contribution >= 4 is 11.9 Å². The lowest BCUT2D eigenvalue weighted by atomic mass is 10.2. The molecule has 0 aliphatic heterocycles. The molecule has 0 aliphatic carbocycles. The first-order valence-electron chi connectivity index (χ1n) is 9.48. The Bertz CT molecular complexity index is 981. The Morgan fingerprint density at radius 3 is 2.17 bits per heavy atom. The quantitative estimate of drug-likeness (QED) is 0.580. The van der Waals surface area contributed by atoms with Crippen LogP contribution in [-0.4, -0.2) is 40.2 Å². The maximum absolute atomic E-state index is 12.6. The summed E-state index contributed by atoms with van der Waals surface area (Å²) < 4.78 is 7.07. The third kappa shape index (κ3) is 5.10. The van der Waals surface area contributed by atoms with Gasteiger partial charge >= 0.3 is 5.97 Å². The highest BCUT2D eigenvalue weighted by atomic mass is 16.5. The molecule has 29 heavy (non-hydrogen) atoms. The lowest BCUT2D eigenvalue weighted by Crippen LogP contribution is -2.31. The van der Waals surface area contributed by atoms with Crippen LogP contribution in [0.4, 0.5) is 0 Å². The molecule has 0 bridgehead atoms. The second kappa shape index (κ2) is 9.19. The summed E-state index contributed by atoms with van der Waals surface area (Å²) >= 11 is 0. The number of carbonyl (C=O) groups is 2. The van der Waals surface area contributed by atoms with Crippen molar-refractivity contribution in [2.75, 3.05) is 13.7 Å². The topological polar surface area (TPSA) is 64.4 Å². The van der Waals surface area contributed by atoms with Crippen LogP contribution >= 0.6 is 0 Å². The van der Waals surface area contributed by atoms with E-state index in [4.69, 9.17) is 4.74 Å². The maximum atomic E-state index is 12.6. The highest BCUT2D eigenvalue weighted by molar-refractivity contribution is 5.93. The fourth-order valence-corrected chi connectivity index (χ4v) is 3.16. The molecule has 2 aromatic carbocycles. The first-order valence-corrected chi connectivity index (χ1v) is 9.48. The summed E-state index contributed by atoms with van der Waals surface area (Å²) in [7, 11) is 1.69. The molecule has 3 aromatic rings. The van der Waals surface area contributed by atoms with Crippen LogP contribution in [0.25, 0.3) is 0 Å². The summed E-state index contributed by atoms with van der Waals surface area (Å²) in [5.41, 5.74) is 3.84. The van der Waals surface area contributed by atoms with Gasteiger partial charge in [0.25, 0.3) is 5.91 Å². The van der Waals surface area contributed by atoms with E-state index in [1.54, 1.807) is 23.6 Å². The zero-order valence-corrected chi connectivity index (χ0v) is 17.0. The van der Waals surface area contributed by atoms with E-state index < -0.39 is 5.97 Å². The first-order chi connectivity index (χ1) is 14.0. The summed E-state index contributed by atoms with van der Waals surface area (Å²) in [5, 5.41) is 4.47. The van der Waals surface area contributed by atoms with Gasteiger partial charge in [-0.3, -0.25) is 9.48 Å². The number of rotatable bonds is 7. The number of amides is 1. The number of nitrogens with zero attached hydrogens (tertiary/aromatic N) is 3. The minimum Gasteiger partial charge on any atom is -0.452 e. The van der Waals surface area contributed by atoms with Gasteiger partial charge in [0.2, 0.25) is 0 Å². The Morgan fingerprint density at radius 2 is 1.55 bits per heavy atom. The van der Waals surface area contributed by atoms with E-state index in [0.717, 1.165) is 16.8 Å². The van der Waals surface area contributed by atoms with E-state index >= 15 is 0 Å². The average molecular weight is 391 g/mol. The summed E-state index contributed by atoms with van der Waals surface area (Å²) in [4.78, 5) is 26.5. The Kier molecular flexibility index (Phi) is 6.44. The maximum Gasteiger partial charge on any atom is 0.342 e. The minimum absolute atomic E-state index is 0.255. The zero-order valence-electron chi connectivity index (χ0n) is 17.0. The lowest BCUT2D eigenvalue weighted by Gasteiger charge is -2.17. The molecule has 1 amide bonds. The molecule has 6 nitrogen and oxygen atoms in total. The number of hydrogen-bond donors (Lipinski definition) is 0. The smallest absolute Gasteiger partial charge is 0.342 e. The van der Waals surface area contributed by atoms with Crippen LogP contribution < -0.4 is 0 Å². The van der Waals surface area contributed by atoms with E-state index in [2.05, 4.69) is 5.10 Å². The van der Waals surface area contributed by atoms with Gasteiger partial charge in [-0.1, -0.05) is 60.7 Å². The molecule has 1 aromatic heterocycles. The number of aromatic nitrogens is 2. The van der Waals surface area contributed by atoms with Crippen LogP contribution in [-0.2, 0) is 22.6 Å². The van der Waals surface area contributed by atoms with Crippen molar-refractivity contribution in [2.45, 2.75) is 26.9 Å². The number of benzene rings is 2. The largest absolute Gasteiger partial charge is 0.452 e. The predicted octanol–water partition coefficient (Wildman–Crippen LogP) is 3.36. The molecule has 0 radical (unpaired) electrons. The van der Waals surface area contributed by atoms with Crippen molar-refractivity contribution in [1.82, 2.24) is 14.7 Å². The van der Waals surface area contributed by atoms with Crippen molar-refractivity contribution in [3.8, 4) is 0 Å². The molecule has 0 fully saturated rings. The molecule has 150 valence electrons. The summed E-state index contributed by atoms with van der Waals surface area (Å²) in [6.45, 7) is 4.34. The number of hydrogen-bond acceptors (Lipinski definition) is 4. The number of likely N-dealkylation sites (N-methyl/N-ethyl adjacent to an activating group) is 1. The summed E-state index contributed by atoms with van der Waals surface area (Å²) in [5.74, 6) is -0.782. The standard InChI is InChI=1S/C23H25N3O3/c1-17-22(18(2)26(24-17)15-20-12-8-5-9-13-20)23(28)29-16-21(27)25(3)14-19-10-6-4-7-11-19/h4-13H,14-16H2,1-3H3. The van der Waals surface area contributed by atoms with Gasteiger partial charge in [0.15, 0.2) is 6.61 Å². The molecular weight excluding hydrogens is 366 g/mol. The van der Waals surface area contributed by atoms with Crippen LogP contribution in [0.3, 0.4) is 0 Å². The third-order valence-corrected chi connectivity index (χ3v) is 4.78. The van der Waals surface area contributed by atoms with E-state index in [1.807, 2.05) is 67.6 Å². The van der Waals surface area contributed by atoms with E-state index in [-0.39, 0.29) is 12.5 Å². The van der Waals surface area contributed by atoms with Gasteiger partial charge in [0, 0.05) is 13.6 Å². The SMILES string of the molecule is Cc1nn(Cc2ccccc2)c(C)c1C(=O)OCC(=O)N(C)Cc1ccccc1. The Labute approximate surface area is 170 Å². The highest BCUT2D eigenvalue weighted by Crippen LogP contribution is 2.16. The van der Waals surface area contributed by atoms with Crippen molar-refractivity contribution < 1.29 is 14.3 Å². The van der Waals surface area contributed by atoms with Gasteiger partial charge in [-0.15, -0.1) is 0 Å². The third-order valence-electron chi connectivity index (χ3n) is 4.78. The van der Waals surface area contributed by atoms with Gasteiger partial charge in [-0.2, -0.15) is 5.10 Å². The minimum atomic E-state index is -0.527. The number of esters is 1. The number of ether oxygens (including phenoxy) is 1. The van der Waals surface area contributed by atoms with Gasteiger partial charge < -0.3 is 9.64 Å². The molecule has 0 saturated carbocycles. The van der Waals surface area contributed by atoms with Crippen molar-refractivity contribution in [1.29, 1.82) is 0 Å². The summed E-state index contributed by atoms with van der Waals surface area (Å²) in [6.07, 6.45) is 0. The van der Waals surface area contributed by atoms with Gasteiger partial charge in [0.1, 0.15) is 5.56 Å². The van der Waals surface area contributed by atoms with Crippen LogP contribution in [0.5, 0.6) is 0 Å². The Morgan fingerprint density at radius 1 is 0.966 bits per heavy atom. The highest BCUT2D eigenvalue weighted by Gasteiger charge is 2.21. The van der Waals surface area contributed by atoms with E-state index in [9.17, 15) is 9.59 Å². The molecule has 0 aliphatic rings. The van der Waals surface area contributed by atoms with Gasteiger partial charge in [-0.05, 0) is 25.0 Å². The van der Waals surface area contributed by atoms with Crippen LogP contribution in [0.15, 0.2) is 60.7 Å². The Hall–Kier alpha value is -3.41. The molecule has 0 saturated heterocycles. The van der Waals surface area contributed by atoms with Crippen LogP contribution in [0.2, 0.25) is 0 Å². The molecule has 3 rings (SSSR count). The second-order valence-electron chi connectivity index (χ2n) is 7.00. The lowest BCUT2D eigenvalue weighted by molar-refractivity contribution is -0.133. The molecular formula is C23H25N3O3. The monoisotopic (exact) mass is 391 g/mol. The predicted molar refractivity (Wildman–Crippen MR) is 110 cm³/mol. The second-order valence-corrected chi connectivity index (χ2v) is 7.00. The van der Waals surface area contributed by atoms with Crippen LogP contribution in [0.1, 0.15) is 32.9 Å². The van der Waals surface area contributed by atoms with Gasteiger partial charge in [0.05, 0.1) is 17.9 Å². The first kappa shape index (κ1) is 20.3. The molecule has 0 unspecified atom stereocenters. The Balaban J connectivity index is 1.61. The van der Waals surface area contributed by atoms with Gasteiger partial charge in [-0.25, -0.2) is 4.79 Å². The van der Waals surface area contributed by atoms with E-state index in [1.165, 1.54) is 0 Å². The fraction of sp³-hybridized carbons (Fsp3) is 0.261. The zero-order chi connectivity index (χ0) is 20.8. The summed E-state index contributed by atoms with van der Waals surface area (Å²) in [6, 6.07) is 19.6. The molecule has 0 atom stereocenters. The van der Waals surface area contributed by atoms with Crippen molar-refractivity contribution in [2.24, 2.45) is 0 Å². The van der Waals surface area contributed by atoms with Crippen molar-refractivity contribution in [3.05, 3.63) is 88.7 Å². The molecule has 0 spiro atoms. The molecule has 6 heteroatoms. The normalized spacial score (nSPS) is 10.6. The van der Waals surface area contributed by atoms with E-state index in [0.29, 0.717) is 24.3 Å². The van der Waals surface area contributed by atoms with Crippen LogP contribution in [0, 0.1) is 13.8 Å². The number of aryl methyl sites for hydroxylation is 1.